The molecule has 0 radical (unpaired) electrons. The van der Waals surface area contributed by atoms with E-state index in [2.05, 4.69) is 0 Å². The molecule has 3 nitrogen and oxygen atoms in total. The van der Waals surface area contributed by atoms with Crippen molar-refractivity contribution in [2.45, 2.75) is 20.0 Å². The summed E-state index contributed by atoms with van der Waals surface area (Å²) >= 11 is 0. The van der Waals surface area contributed by atoms with Crippen LogP contribution in [0.15, 0.2) is 18.2 Å². The van der Waals surface area contributed by atoms with Crippen molar-refractivity contribution in [3.8, 4) is 0 Å². The highest BCUT2D eigenvalue weighted by Crippen LogP contribution is 2.18. The van der Waals surface area contributed by atoms with Crippen molar-refractivity contribution in [3.63, 3.8) is 0 Å². The maximum atomic E-state index is 12.0. The second kappa shape index (κ2) is 5.29. The summed E-state index contributed by atoms with van der Waals surface area (Å²) in [4.78, 5) is 12.7. The Labute approximate surface area is 104 Å². The van der Waals surface area contributed by atoms with E-state index in [0.29, 0.717) is 5.69 Å². The third-order valence-electron chi connectivity index (χ3n) is 2.34. The van der Waals surface area contributed by atoms with Gasteiger partial charge < -0.3 is 5.32 Å². The molecule has 0 heterocycles. The number of alkyl halides is 3. The Morgan fingerprint density at radius 2 is 1.72 bits per heavy atom. The zero-order valence-corrected chi connectivity index (χ0v) is 10.4. The molecule has 0 fully saturated rings. The van der Waals surface area contributed by atoms with Gasteiger partial charge in [-0.2, -0.15) is 13.2 Å². The van der Waals surface area contributed by atoms with Gasteiger partial charge >= 0.3 is 12.2 Å². The van der Waals surface area contributed by atoms with Crippen molar-refractivity contribution in [1.82, 2.24) is 5.32 Å². The van der Waals surface area contributed by atoms with Gasteiger partial charge in [-0.05, 0) is 37.1 Å². The summed E-state index contributed by atoms with van der Waals surface area (Å²) in [6.45, 7) is 2.39. The van der Waals surface area contributed by atoms with E-state index >= 15 is 0 Å². The topological polar surface area (TPSA) is 32.3 Å². The molecule has 0 unspecified atom stereocenters. The number of aryl methyl sites for hydroxylation is 2. The molecule has 0 saturated heterocycles. The highest BCUT2D eigenvalue weighted by Gasteiger charge is 2.28. The maximum Gasteiger partial charge on any atom is 0.405 e. The predicted octanol–water partition coefficient (Wildman–Crippen LogP) is 3.01. The zero-order chi connectivity index (χ0) is 13.9. The monoisotopic (exact) mass is 260 g/mol. The van der Waals surface area contributed by atoms with Crippen LogP contribution in [0, 0.1) is 13.8 Å². The van der Waals surface area contributed by atoms with E-state index in [0.717, 1.165) is 16.0 Å². The molecule has 18 heavy (non-hydrogen) atoms. The lowest BCUT2D eigenvalue weighted by molar-refractivity contribution is -0.122. The second-order valence-electron chi connectivity index (χ2n) is 4.18. The first kappa shape index (κ1) is 14.3. The minimum Gasteiger partial charge on any atom is -0.329 e. The van der Waals surface area contributed by atoms with Gasteiger partial charge in [0, 0.05) is 12.7 Å². The largest absolute Gasteiger partial charge is 0.405 e. The second-order valence-corrected chi connectivity index (χ2v) is 4.18. The van der Waals surface area contributed by atoms with E-state index in [4.69, 9.17) is 0 Å². The van der Waals surface area contributed by atoms with E-state index in [1.54, 1.807) is 12.1 Å². The quantitative estimate of drug-likeness (QED) is 0.871. The molecule has 0 atom stereocenters. The number of halogens is 3. The van der Waals surface area contributed by atoms with Crippen LogP contribution in [0.5, 0.6) is 0 Å². The van der Waals surface area contributed by atoms with Gasteiger partial charge in [0.1, 0.15) is 6.54 Å². The fourth-order valence-electron chi connectivity index (χ4n) is 1.56. The van der Waals surface area contributed by atoms with Gasteiger partial charge in [0.2, 0.25) is 0 Å². The molecule has 0 aliphatic heterocycles. The average molecular weight is 260 g/mol. The lowest BCUT2D eigenvalue weighted by atomic mass is 10.1. The number of amides is 2. The number of urea groups is 1. The van der Waals surface area contributed by atoms with Crippen LogP contribution >= 0.6 is 0 Å². The minimum atomic E-state index is -4.40. The Morgan fingerprint density at radius 1 is 1.22 bits per heavy atom. The summed E-state index contributed by atoms with van der Waals surface area (Å²) in [6.07, 6.45) is -4.40. The van der Waals surface area contributed by atoms with Crippen LogP contribution in [0.1, 0.15) is 11.1 Å². The number of nitrogens with zero attached hydrogens (tertiary/aromatic N) is 1. The van der Waals surface area contributed by atoms with Crippen molar-refractivity contribution < 1.29 is 18.0 Å². The number of nitrogens with one attached hydrogen (secondary N) is 1. The van der Waals surface area contributed by atoms with E-state index in [9.17, 15) is 18.0 Å². The first-order chi connectivity index (χ1) is 8.19. The summed E-state index contributed by atoms with van der Waals surface area (Å²) in [6, 6.07) is 4.61. The van der Waals surface area contributed by atoms with Gasteiger partial charge in [-0.3, -0.25) is 4.90 Å². The number of anilines is 1. The fraction of sp³-hybridized carbons (Fsp3) is 0.417. The minimum absolute atomic E-state index is 0.562. The Hall–Kier alpha value is -1.72. The third kappa shape index (κ3) is 4.27. The highest BCUT2D eigenvalue weighted by atomic mass is 19.4. The van der Waals surface area contributed by atoms with E-state index < -0.39 is 18.8 Å². The van der Waals surface area contributed by atoms with Gasteiger partial charge in [-0.25, -0.2) is 4.79 Å². The molecule has 1 aromatic rings. The number of hydrogen-bond donors (Lipinski definition) is 1. The van der Waals surface area contributed by atoms with Crippen LogP contribution < -0.4 is 10.2 Å². The standard InChI is InChI=1S/C12H15F3N2O/c1-8-4-9(2)6-10(5-8)17(3)11(18)16-7-12(13,14)15/h4-6H,7H2,1-3H3,(H,16,18). The third-order valence-corrected chi connectivity index (χ3v) is 2.34. The molecule has 0 saturated carbocycles. The van der Waals surface area contributed by atoms with Crippen LogP contribution in [0.3, 0.4) is 0 Å². The number of carbonyl (C=O) groups is 1. The first-order valence-corrected chi connectivity index (χ1v) is 5.35. The van der Waals surface area contributed by atoms with Crippen molar-refractivity contribution in [2.24, 2.45) is 0 Å². The maximum absolute atomic E-state index is 12.0. The SMILES string of the molecule is Cc1cc(C)cc(N(C)C(=O)NCC(F)(F)F)c1. The molecule has 100 valence electrons. The molecule has 6 heteroatoms. The Bertz CT molecular complexity index is 423. The molecule has 2 amide bonds. The molecular weight excluding hydrogens is 245 g/mol. The fourth-order valence-corrected chi connectivity index (χ4v) is 1.56. The van der Waals surface area contributed by atoms with E-state index in [1.165, 1.54) is 7.05 Å². The van der Waals surface area contributed by atoms with Crippen LogP contribution in [0.25, 0.3) is 0 Å². The number of hydrogen-bond acceptors (Lipinski definition) is 1. The number of carbonyl (C=O) groups excluding carboxylic acids is 1. The van der Waals surface area contributed by atoms with Crippen molar-refractivity contribution in [1.29, 1.82) is 0 Å². The smallest absolute Gasteiger partial charge is 0.329 e. The Kier molecular flexibility index (Phi) is 4.21. The number of benzene rings is 1. The summed E-state index contributed by atoms with van der Waals surface area (Å²) < 4.78 is 35.9. The Balaban J connectivity index is 2.74. The molecule has 0 aromatic heterocycles. The lowest BCUT2D eigenvalue weighted by Crippen LogP contribution is -2.42. The van der Waals surface area contributed by atoms with Gasteiger partial charge in [0.25, 0.3) is 0 Å². The summed E-state index contributed by atoms with van der Waals surface area (Å²) in [5.41, 5.74) is 2.45. The summed E-state index contributed by atoms with van der Waals surface area (Å²) in [5.74, 6) is 0. The summed E-state index contributed by atoms with van der Waals surface area (Å²) in [7, 11) is 1.43. The molecule has 1 N–H and O–H groups in total. The van der Waals surface area contributed by atoms with Crippen LogP contribution in [0.2, 0.25) is 0 Å². The van der Waals surface area contributed by atoms with Crippen LogP contribution in [0.4, 0.5) is 23.7 Å². The van der Waals surface area contributed by atoms with Gasteiger partial charge in [-0.15, -0.1) is 0 Å². The van der Waals surface area contributed by atoms with Gasteiger partial charge in [0.05, 0.1) is 0 Å². The first-order valence-electron chi connectivity index (χ1n) is 5.35. The predicted molar refractivity (Wildman–Crippen MR) is 63.8 cm³/mol. The van der Waals surface area contributed by atoms with Gasteiger partial charge in [0.15, 0.2) is 0 Å². The lowest BCUT2D eigenvalue weighted by Gasteiger charge is -2.19. The zero-order valence-electron chi connectivity index (χ0n) is 10.4. The molecule has 0 spiro atoms. The van der Waals surface area contributed by atoms with Crippen LogP contribution in [-0.4, -0.2) is 25.8 Å². The van der Waals surface area contributed by atoms with E-state index in [1.807, 2.05) is 25.2 Å². The molecular formula is C12H15F3N2O. The molecule has 1 aromatic carbocycles. The highest BCUT2D eigenvalue weighted by molar-refractivity contribution is 5.91. The van der Waals surface area contributed by atoms with Crippen molar-refractivity contribution >= 4 is 11.7 Å². The number of rotatable bonds is 2. The molecule has 0 aliphatic rings. The van der Waals surface area contributed by atoms with Crippen molar-refractivity contribution in [2.75, 3.05) is 18.5 Å². The van der Waals surface area contributed by atoms with Gasteiger partial charge in [-0.1, -0.05) is 6.07 Å². The van der Waals surface area contributed by atoms with E-state index in [-0.39, 0.29) is 0 Å². The van der Waals surface area contributed by atoms with Crippen molar-refractivity contribution in [3.05, 3.63) is 29.3 Å². The molecule has 0 bridgehead atoms. The Morgan fingerprint density at radius 3 is 2.17 bits per heavy atom. The molecule has 1 rings (SSSR count). The normalized spacial score (nSPS) is 11.2. The van der Waals surface area contributed by atoms with Crippen LogP contribution in [-0.2, 0) is 0 Å². The molecule has 0 aliphatic carbocycles. The average Bonchev–Trinajstić information content (AvgIpc) is 2.22. The summed E-state index contributed by atoms with van der Waals surface area (Å²) in [5, 5.41) is 1.82.